The van der Waals surface area contributed by atoms with Crippen LogP contribution in [-0.4, -0.2) is 65.4 Å². The molecule has 3 atom stereocenters. The molecule has 59 heavy (non-hydrogen) atoms. The van der Waals surface area contributed by atoms with Gasteiger partial charge in [-0.15, -0.1) is 0 Å². The van der Waals surface area contributed by atoms with Crippen molar-refractivity contribution in [2.24, 2.45) is 39.9 Å². The predicted molar refractivity (Wildman–Crippen MR) is 221 cm³/mol. The van der Waals surface area contributed by atoms with Crippen molar-refractivity contribution in [2.45, 2.75) is 108 Å². The molecule has 5 rings (SSSR count). The lowest BCUT2D eigenvalue weighted by Crippen LogP contribution is -2.57. The lowest BCUT2D eigenvalue weighted by molar-refractivity contribution is -0.192. The number of carbonyl (C=O) groups excluding carboxylic acids is 3. The predicted octanol–water partition coefficient (Wildman–Crippen LogP) is 5.42. The number of nitrogens with zero attached hydrogens (tertiary/aromatic N) is 1. The number of nitrogens with two attached hydrogens (primary N) is 3. The van der Waals surface area contributed by atoms with Crippen molar-refractivity contribution in [3.05, 3.63) is 83.4 Å². The summed E-state index contributed by atoms with van der Waals surface area (Å²) in [4.78, 5) is 55.5. The second-order valence-electron chi connectivity index (χ2n) is 15.4. The molecule has 13 nitrogen and oxygen atoms in total. The fourth-order valence-corrected chi connectivity index (χ4v) is 8.00. The van der Waals surface area contributed by atoms with E-state index in [-0.39, 0.29) is 47.3 Å². The SMILES string of the molecule is N=C(N)c1ccc(CC(C(=O)NC(C(=O)N[C@@H](CCCN=C(N)N)C(=O)NCc2cccc3ccccc23)C2CCCCC2)C2CCCCC2)cc1.O=C(O)C(F)(F)F. The number of fused-ring (bicyclic) bond motifs is 1. The molecule has 0 aliphatic heterocycles. The normalized spacial score (nSPS) is 16.3. The van der Waals surface area contributed by atoms with Gasteiger partial charge in [0.1, 0.15) is 17.9 Å². The van der Waals surface area contributed by atoms with Gasteiger partial charge in [-0.2, -0.15) is 13.2 Å². The molecule has 11 N–H and O–H groups in total. The van der Waals surface area contributed by atoms with Crippen LogP contribution < -0.4 is 33.2 Å². The fraction of sp³-hybridized carbons (Fsp3) is 0.488. The molecule has 0 spiro atoms. The Kier molecular flexibility index (Phi) is 17.5. The number of rotatable bonds is 16. The molecule has 0 aromatic heterocycles. The van der Waals surface area contributed by atoms with Crippen LogP contribution >= 0.6 is 0 Å². The second-order valence-corrected chi connectivity index (χ2v) is 15.4. The van der Waals surface area contributed by atoms with E-state index in [1.165, 1.54) is 6.42 Å². The van der Waals surface area contributed by atoms with Crippen molar-refractivity contribution in [1.82, 2.24) is 16.0 Å². The van der Waals surface area contributed by atoms with Gasteiger partial charge >= 0.3 is 12.1 Å². The number of carbonyl (C=O) groups is 4. The van der Waals surface area contributed by atoms with E-state index in [4.69, 9.17) is 32.5 Å². The number of nitrogens with one attached hydrogen (secondary N) is 4. The first kappa shape index (κ1) is 46.0. The average molecular weight is 823 g/mol. The van der Waals surface area contributed by atoms with E-state index in [1.54, 1.807) is 0 Å². The lowest BCUT2D eigenvalue weighted by Gasteiger charge is -2.34. The number of hydrogen-bond acceptors (Lipinski definition) is 6. The zero-order valence-corrected chi connectivity index (χ0v) is 33.2. The van der Waals surface area contributed by atoms with Crippen LogP contribution in [-0.2, 0) is 32.1 Å². The maximum absolute atomic E-state index is 14.4. The molecule has 3 aromatic carbocycles. The number of nitrogen functional groups attached to an aromatic ring is 1. The van der Waals surface area contributed by atoms with Gasteiger partial charge in [0.05, 0.1) is 0 Å². The summed E-state index contributed by atoms with van der Waals surface area (Å²) in [6, 6.07) is 20.0. The maximum Gasteiger partial charge on any atom is 0.490 e. The highest BCUT2D eigenvalue weighted by atomic mass is 19.4. The van der Waals surface area contributed by atoms with E-state index >= 15 is 0 Å². The average Bonchev–Trinajstić information content (AvgIpc) is 3.22. The molecule has 2 aliphatic rings. The Morgan fingerprint density at radius 1 is 0.780 bits per heavy atom. The first-order chi connectivity index (χ1) is 28.1. The molecule has 320 valence electrons. The Morgan fingerprint density at radius 3 is 1.97 bits per heavy atom. The van der Waals surface area contributed by atoms with Gasteiger partial charge in [-0.25, -0.2) is 4.79 Å². The quantitative estimate of drug-likeness (QED) is 0.0526. The number of carboxylic acid groups (broad SMARTS) is 1. The minimum atomic E-state index is -5.08. The topological polar surface area (TPSA) is 239 Å². The first-order valence-electron chi connectivity index (χ1n) is 20.3. The molecule has 0 radical (unpaired) electrons. The number of hydrogen-bond donors (Lipinski definition) is 8. The molecule has 16 heteroatoms. The standard InChI is InChI=1S/C41H56N8O3.C2HF3O2/c42-37(43)31-22-20-27(21-23-31)25-34(29-11-3-1-4-12-29)38(50)49-36(30-14-5-2-6-15-30)40(52)48-35(19-10-24-46-41(44)45)39(51)47-26-32-17-9-16-28-13-7-8-18-33(28)32;3-2(4,5)1(6)7/h7-9,13,16-18,20-23,29-30,34-36H,1-6,10-12,14-15,19,24-26H2,(H3,42,43)(H,47,51)(H,48,52)(H,49,50)(H4,44,45,46);(H,6,7)/t34?,35-,36?;/m0./s1. The number of carboxylic acids is 1. The number of aliphatic imine (C=N–C) groups is 1. The zero-order valence-electron chi connectivity index (χ0n) is 33.2. The second kappa shape index (κ2) is 22.5. The molecular formula is C43H57F3N8O5. The molecule has 0 bridgehead atoms. The molecule has 3 amide bonds. The third-order valence-electron chi connectivity index (χ3n) is 11.1. The Morgan fingerprint density at radius 2 is 1.37 bits per heavy atom. The van der Waals surface area contributed by atoms with Crippen LogP contribution in [0, 0.1) is 23.2 Å². The third kappa shape index (κ3) is 14.6. The van der Waals surface area contributed by atoms with Crippen molar-refractivity contribution in [3.63, 3.8) is 0 Å². The lowest BCUT2D eigenvalue weighted by atomic mass is 9.76. The van der Waals surface area contributed by atoms with E-state index in [9.17, 15) is 27.6 Å². The Labute approximate surface area is 342 Å². The first-order valence-corrected chi connectivity index (χ1v) is 20.3. The fourth-order valence-electron chi connectivity index (χ4n) is 8.00. The van der Waals surface area contributed by atoms with Crippen LogP contribution in [0.15, 0.2) is 71.7 Å². The number of alkyl halides is 3. The Balaban J connectivity index is 0.00000101. The summed E-state index contributed by atoms with van der Waals surface area (Å²) >= 11 is 0. The molecular weight excluding hydrogens is 766 g/mol. The molecule has 0 saturated heterocycles. The van der Waals surface area contributed by atoms with Crippen LogP contribution in [0.3, 0.4) is 0 Å². The van der Waals surface area contributed by atoms with Gasteiger partial charge in [0.15, 0.2) is 5.96 Å². The Bertz CT molecular complexity index is 1900. The van der Waals surface area contributed by atoms with Gasteiger partial charge in [0.2, 0.25) is 17.7 Å². The molecule has 2 fully saturated rings. The molecule has 2 aliphatic carbocycles. The summed E-state index contributed by atoms with van der Waals surface area (Å²) in [6.45, 7) is 0.629. The summed E-state index contributed by atoms with van der Waals surface area (Å²) in [5, 5.41) is 26.4. The molecule has 0 heterocycles. The third-order valence-corrected chi connectivity index (χ3v) is 11.1. The van der Waals surface area contributed by atoms with E-state index in [0.29, 0.717) is 37.9 Å². The summed E-state index contributed by atoms with van der Waals surface area (Å²) in [5.74, 6) is -3.64. The molecule has 2 unspecified atom stereocenters. The maximum atomic E-state index is 14.4. The highest BCUT2D eigenvalue weighted by molar-refractivity contribution is 5.95. The smallest absolute Gasteiger partial charge is 0.475 e. The number of halogens is 3. The summed E-state index contributed by atoms with van der Waals surface area (Å²) in [5.41, 5.74) is 19.4. The number of amides is 3. The van der Waals surface area contributed by atoms with Crippen LogP contribution in [0.4, 0.5) is 13.2 Å². The molecule has 2 saturated carbocycles. The van der Waals surface area contributed by atoms with Gasteiger partial charge in [-0.05, 0) is 78.7 Å². The van der Waals surface area contributed by atoms with Crippen LogP contribution in [0.1, 0.15) is 93.7 Å². The minimum Gasteiger partial charge on any atom is -0.475 e. The summed E-state index contributed by atoms with van der Waals surface area (Å²) in [7, 11) is 0. The van der Waals surface area contributed by atoms with Crippen molar-refractivity contribution >= 4 is 46.3 Å². The van der Waals surface area contributed by atoms with E-state index in [0.717, 1.165) is 79.7 Å². The highest BCUT2D eigenvalue weighted by Crippen LogP contribution is 2.33. The van der Waals surface area contributed by atoms with Gasteiger partial charge in [0.25, 0.3) is 0 Å². The monoisotopic (exact) mass is 822 g/mol. The van der Waals surface area contributed by atoms with E-state index < -0.39 is 24.2 Å². The van der Waals surface area contributed by atoms with Gasteiger partial charge in [-0.3, -0.25) is 24.8 Å². The summed E-state index contributed by atoms with van der Waals surface area (Å²) in [6.07, 6.45) is 6.30. The van der Waals surface area contributed by atoms with Gasteiger partial charge in [0, 0.05) is 24.6 Å². The number of amidine groups is 1. The van der Waals surface area contributed by atoms with Gasteiger partial charge < -0.3 is 38.3 Å². The van der Waals surface area contributed by atoms with Crippen molar-refractivity contribution in [2.75, 3.05) is 6.54 Å². The van der Waals surface area contributed by atoms with Crippen molar-refractivity contribution < 1.29 is 37.5 Å². The number of benzene rings is 3. The molecule has 3 aromatic rings. The minimum absolute atomic E-state index is 0.00578. The van der Waals surface area contributed by atoms with Gasteiger partial charge in [-0.1, -0.05) is 105 Å². The number of aliphatic carboxylic acids is 1. The highest BCUT2D eigenvalue weighted by Gasteiger charge is 2.39. The largest absolute Gasteiger partial charge is 0.490 e. The van der Waals surface area contributed by atoms with E-state index in [1.807, 2.05) is 66.7 Å². The van der Waals surface area contributed by atoms with Crippen molar-refractivity contribution in [3.8, 4) is 0 Å². The van der Waals surface area contributed by atoms with Crippen LogP contribution in [0.2, 0.25) is 0 Å². The van der Waals surface area contributed by atoms with Crippen LogP contribution in [0.5, 0.6) is 0 Å². The van der Waals surface area contributed by atoms with E-state index in [2.05, 4.69) is 20.9 Å². The zero-order chi connectivity index (χ0) is 43.0. The number of guanidine groups is 1. The van der Waals surface area contributed by atoms with Crippen LogP contribution in [0.25, 0.3) is 10.8 Å². The van der Waals surface area contributed by atoms with Crippen molar-refractivity contribution in [1.29, 1.82) is 5.41 Å². The summed E-state index contributed by atoms with van der Waals surface area (Å²) < 4.78 is 31.7. The Hall–Kier alpha value is -5.67.